The number of rotatable bonds is 3. The lowest BCUT2D eigenvalue weighted by molar-refractivity contribution is 0.0687. The number of carbonyl (C=O) groups is 1. The molecule has 2 fully saturated rings. The Morgan fingerprint density at radius 3 is 2.81 bits per heavy atom. The van der Waals surface area contributed by atoms with E-state index >= 15 is 0 Å². The maximum atomic E-state index is 13.9. The van der Waals surface area contributed by atoms with Gasteiger partial charge in [-0.2, -0.15) is 0 Å². The molecule has 2 saturated heterocycles. The number of hydrogen-bond acceptors (Lipinski definition) is 7. The van der Waals surface area contributed by atoms with Gasteiger partial charge in [0.2, 0.25) is 0 Å². The molecule has 2 atom stereocenters. The standard InChI is InChI=1S/C21H23ClFN5O3/c1-10-19(22)11(2)27-20(26-10)14-8-28(9-15(14)24)21(30)13-4-3-12(23)5-17(13)31-18-7-25-6-16(18)29/h3-5,16,18,24-26,29H,6-9H2,1-2H3/b20-14+,24-15?/t16?,18-/m0/s1. The van der Waals surface area contributed by atoms with Crippen molar-refractivity contribution < 1.29 is 19.0 Å². The number of β-amino-alcohol motifs (C(OH)–C–C–N with tert-alkyl or cyclic N) is 1. The first-order chi connectivity index (χ1) is 14.7. The zero-order valence-electron chi connectivity index (χ0n) is 17.1. The normalized spacial score (nSPS) is 26.3. The highest BCUT2D eigenvalue weighted by atomic mass is 35.5. The molecule has 3 aliphatic heterocycles. The lowest BCUT2D eigenvalue weighted by Crippen LogP contribution is -2.32. The average Bonchev–Trinajstić information content (AvgIpc) is 3.31. The van der Waals surface area contributed by atoms with Crippen LogP contribution in [-0.2, 0) is 0 Å². The number of aliphatic hydroxyl groups excluding tert-OH is 1. The summed E-state index contributed by atoms with van der Waals surface area (Å²) in [6.45, 7) is 4.63. The number of halogens is 2. The number of ether oxygens (including phenoxy) is 1. The van der Waals surface area contributed by atoms with Gasteiger partial charge < -0.3 is 30.8 Å². The second-order valence-electron chi connectivity index (χ2n) is 7.75. The highest BCUT2D eigenvalue weighted by molar-refractivity contribution is 6.43. The van der Waals surface area contributed by atoms with Crippen molar-refractivity contribution in [3.05, 3.63) is 51.7 Å². The van der Waals surface area contributed by atoms with E-state index in [9.17, 15) is 14.3 Å². The quantitative estimate of drug-likeness (QED) is 0.564. The number of nitrogens with zero attached hydrogens (tertiary/aromatic N) is 2. The number of amides is 1. The van der Waals surface area contributed by atoms with Crippen molar-refractivity contribution in [2.24, 2.45) is 4.99 Å². The number of likely N-dealkylation sites (tertiary alicyclic amines) is 1. The molecule has 10 heteroatoms. The Kier molecular flexibility index (Phi) is 5.83. The van der Waals surface area contributed by atoms with E-state index in [0.717, 1.165) is 11.8 Å². The Morgan fingerprint density at radius 1 is 1.35 bits per heavy atom. The minimum Gasteiger partial charge on any atom is -0.485 e. The molecule has 0 bridgehead atoms. The molecule has 0 aliphatic carbocycles. The van der Waals surface area contributed by atoms with Gasteiger partial charge in [-0.05, 0) is 26.0 Å². The van der Waals surface area contributed by atoms with Gasteiger partial charge in [-0.15, -0.1) is 0 Å². The van der Waals surface area contributed by atoms with Crippen molar-refractivity contribution in [2.75, 3.05) is 26.2 Å². The molecule has 164 valence electrons. The van der Waals surface area contributed by atoms with Crippen LogP contribution in [0.2, 0.25) is 0 Å². The minimum atomic E-state index is -0.746. The molecule has 8 nitrogen and oxygen atoms in total. The number of allylic oxidation sites excluding steroid dienone is 2. The van der Waals surface area contributed by atoms with Crippen LogP contribution < -0.4 is 15.4 Å². The third kappa shape index (κ3) is 4.21. The summed E-state index contributed by atoms with van der Waals surface area (Å²) >= 11 is 6.17. The van der Waals surface area contributed by atoms with Gasteiger partial charge in [0.15, 0.2) is 0 Å². The molecule has 1 unspecified atom stereocenters. The first-order valence-corrected chi connectivity index (χ1v) is 10.3. The Morgan fingerprint density at radius 2 is 2.13 bits per heavy atom. The van der Waals surface area contributed by atoms with Crippen molar-refractivity contribution in [1.29, 1.82) is 5.41 Å². The smallest absolute Gasteiger partial charge is 0.258 e. The Bertz CT molecular complexity index is 1050. The molecule has 0 saturated carbocycles. The highest BCUT2D eigenvalue weighted by Crippen LogP contribution is 2.28. The molecule has 31 heavy (non-hydrogen) atoms. The highest BCUT2D eigenvalue weighted by Gasteiger charge is 2.33. The minimum absolute atomic E-state index is 0.0700. The summed E-state index contributed by atoms with van der Waals surface area (Å²) in [5.74, 6) is -0.368. The number of aliphatic hydroxyl groups is 1. The molecule has 1 amide bonds. The van der Waals surface area contributed by atoms with Gasteiger partial charge in [-0.25, -0.2) is 9.38 Å². The third-order valence-corrected chi connectivity index (χ3v) is 6.01. The average molecular weight is 448 g/mol. The first kappa shape index (κ1) is 21.5. The Hall–Kier alpha value is -2.75. The van der Waals surface area contributed by atoms with E-state index in [1.165, 1.54) is 17.0 Å². The van der Waals surface area contributed by atoms with Gasteiger partial charge in [-0.3, -0.25) is 4.79 Å². The van der Waals surface area contributed by atoms with Crippen LogP contribution in [0, 0.1) is 11.2 Å². The number of nitrogens with one attached hydrogen (secondary N) is 3. The molecule has 1 aromatic rings. The first-order valence-electron chi connectivity index (χ1n) is 9.89. The molecule has 0 aromatic heterocycles. The van der Waals surface area contributed by atoms with Crippen LogP contribution in [0.4, 0.5) is 4.39 Å². The fourth-order valence-electron chi connectivity index (χ4n) is 3.75. The van der Waals surface area contributed by atoms with Gasteiger partial charge in [0.25, 0.3) is 5.91 Å². The van der Waals surface area contributed by atoms with Gasteiger partial charge in [-0.1, -0.05) is 11.6 Å². The van der Waals surface area contributed by atoms with Gasteiger partial charge in [0.05, 0.1) is 35.1 Å². The predicted octanol–water partition coefficient (Wildman–Crippen LogP) is 1.76. The number of aliphatic imine (C=N–C) groups is 1. The number of carbonyl (C=O) groups excluding carboxylic acids is 1. The van der Waals surface area contributed by atoms with Crippen molar-refractivity contribution in [3.63, 3.8) is 0 Å². The van der Waals surface area contributed by atoms with E-state index in [4.69, 9.17) is 21.7 Å². The summed E-state index contributed by atoms with van der Waals surface area (Å²) in [6, 6.07) is 3.70. The monoisotopic (exact) mass is 447 g/mol. The van der Waals surface area contributed by atoms with Crippen molar-refractivity contribution >= 4 is 28.9 Å². The van der Waals surface area contributed by atoms with E-state index in [1.807, 2.05) is 6.92 Å². The maximum absolute atomic E-state index is 13.9. The van der Waals surface area contributed by atoms with Crippen LogP contribution in [0.1, 0.15) is 24.2 Å². The fourth-order valence-corrected chi connectivity index (χ4v) is 3.84. The SMILES string of the molecule is CC1=N/C(=C2\CN(C(=O)c3ccc(F)cc3O[C@H]3CNCC3O)CC2=N)NC(C)=C1Cl. The van der Waals surface area contributed by atoms with Gasteiger partial charge in [0, 0.05) is 30.4 Å². The van der Waals surface area contributed by atoms with Crippen LogP contribution in [0.3, 0.4) is 0 Å². The molecule has 1 aromatic carbocycles. The summed E-state index contributed by atoms with van der Waals surface area (Å²) in [5.41, 5.74) is 2.40. The molecule has 0 spiro atoms. The van der Waals surface area contributed by atoms with Crippen LogP contribution >= 0.6 is 11.6 Å². The van der Waals surface area contributed by atoms with Crippen LogP contribution in [0.5, 0.6) is 5.75 Å². The summed E-state index contributed by atoms with van der Waals surface area (Å²) in [6.07, 6.45) is -1.32. The third-order valence-electron chi connectivity index (χ3n) is 5.45. The topological polar surface area (TPSA) is 110 Å². The fraction of sp³-hybridized carbons (Fsp3) is 0.381. The zero-order valence-corrected chi connectivity index (χ0v) is 17.9. The zero-order chi connectivity index (χ0) is 22.3. The van der Waals surface area contributed by atoms with Crippen molar-refractivity contribution in [1.82, 2.24) is 15.5 Å². The lowest BCUT2D eigenvalue weighted by atomic mass is 10.1. The largest absolute Gasteiger partial charge is 0.485 e. The number of hydrogen-bond donors (Lipinski definition) is 4. The van der Waals surface area contributed by atoms with E-state index in [1.54, 1.807) is 6.92 Å². The molecule has 4 N–H and O–H groups in total. The summed E-state index contributed by atoms with van der Waals surface area (Å²) in [7, 11) is 0. The Balaban J connectivity index is 1.59. The Labute approximate surface area is 183 Å². The predicted molar refractivity (Wildman–Crippen MR) is 115 cm³/mol. The number of benzene rings is 1. The summed E-state index contributed by atoms with van der Waals surface area (Å²) < 4.78 is 19.6. The molecular weight excluding hydrogens is 425 g/mol. The van der Waals surface area contributed by atoms with Crippen LogP contribution in [0.15, 0.2) is 45.3 Å². The van der Waals surface area contributed by atoms with Crippen molar-refractivity contribution in [2.45, 2.75) is 26.1 Å². The molecular formula is C21H23ClFN5O3. The summed E-state index contributed by atoms with van der Waals surface area (Å²) in [4.78, 5) is 19.1. The van der Waals surface area contributed by atoms with Gasteiger partial charge >= 0.3 is 0 Å². The van der Waals surface area contributed by atoms with Crippen LogP contribution in [0.25, 0.3) is 0 Å². The van der Waals surface area contributed by atoms with E-state index in [0.29, 0.717) is 35.2 Å². The second-order valence-corrected chi connectivity index (χ2v) is 8.13. The lowest BCUT2D eigenvalue weighted by Gasteiger charge is -2.21. The van der Waals surface area contributed by atoms with E-state index in [2.05, 4.69) is 15.6 Å². The second kappa shape index (κ2) is 8.41. The molecule has 3 aliphatic rings. The van der Waals surface area contributed by atoms with Crippen molar-refractivity contribution in [3.8, 4) is 5.75 Å². The molecule has 4 rings (SSSR count). The van der Waals surface area contributed by atoms with E-state index in [-0.39, 0.29) is 30.1 Å². The summed E-state index contributed by atoms with van der Waals surface area (Å²) in [5, 5.41) is 25.0. The molecule has 0 radical (unpaired) electrons. The van der Waals surface area contributed by atoms with Crippen LogP contribution in [-0.4, -0.2) is 65.7 Å². The van der Waals surface area contributed by atoms with Gasteiger partial charge in [0.1, 0.15) is 29.6 Å². The maximum Gasteiger partial charge on any atom is 0.258 e. The molecule has 3 heterocycles. The van der Waals surface area contributed by atoms with E-state index < -0.39 is 23.9 Å².